The van der Waals surface area contributed by atoms with E-state index in [1.165, 1.54) is 0 Å². The summed E-state index contributed by atoms with van der Waals surface area (Å²) >= 11 is 0.558. The maximum absolute atomic E-state index is 12.0. The average molecular weight is 287 g/mol. The van der Waals surface area contributed by atoms with Crippen LogP contribution in [0.15, 0.2) is 39.4 Å². The van der Waals surface area contributed by atoms with E-state index in [9.17, 15) is 8.78 Å². The molecular weight excluding hydrogens is 272 g/mol. The van der Waals surface area contributed by atoms with Crippen molar-refractivity contribution in [2.24, 2.45) is 0 Å². The average Bonchev–Trinajstić information content (AvgIpc) is 3.04. The third-order valence-corrected chi connectivity index (χ3v) is 3.32. The molecule has 6 heteroatoms. The quantitative estimate of drug-likeness (QED) is 0.829. The lowest BCUT2D eigenvalue weighted by Crippen LogP contribution is -2.17. The highest BCUT2D eigenvalue weighted by Crippen LogP contribution is 2.21. The lowest BCUT2D eigenvalue weighted by molar-refractivity contribution is 0.251. The Morgan fingerprint density at radius 2 is 2.05 bits per heavy atom. The Morgan fingerprint density at radius 3 is 2.74 bits per heavy atom. The van der Waals surface area contributed by atoms with E-state index in [1.54, 1.807) is 18.4 Å². The SMILES string of the molecule is C[C@@H](NCc1ccc(CSC(F)F)o1)c1ccco1. The zero-order valence-corrected chi connectivity index (χ0v) is 11.3. The summed E-state index contributed by atoms with van der Waals surface area (Å²) < 4.78 is 34.8. The monoisotopic (exact) mass is 287 g/mol. The van der Waals surface area contributed by atoms with Crippen molar-refractivity contribution in [2.75, 3.05) is 0 Å². The molecule has 0 spiro atoms. The molecule has 3 nitrogen and oxygen atoms in total. The number of furan rings is 2. The third-order valence-electron chi connectivity index (χ3n) is 2.62. The highest BCUT2D eigenvalue weighted by atomic mass is 32.2. The van der Waals surface area contributed by atoms with Gasteiger partial charge in [-0.1, -0.05) is 11.8 Å². The molecule has 2 heterocycles. The summed E-state index contributed by atoms with van der Waals surface area (Å²) in [5.74, 6) is -0.0486. The van der Waals surface area contributed by atoms with Crippen LogP contribution in [0, 0.1) is 0 Å². The number of alkyl halides is 2. The Morgan fingerprint density at radius 1 is 1.26 bits per heavy atom. The normalized spacial score (nSPS) is 13.1. The first-order valence-corrected chi connectivity index (χ1v) is 6.94. The summed E-state index contributed by atoms with van der Waals surface area (Å²) in [7, 11) is 0. The van der Waals surface area contributed by atoms with Crippen LogP contribution in [0.2, 0.25) is 0 Å². The molecule has 1 atom stereocenters. The fourth-order valence-corrected chi connectivity index (χ4v) is 2.08. The number of hydrogen-bond donors (Lipinski definition) is 1. The summed E-state index contributed by atoms with van der Waals surface area (Å²) in [6, 6.07) is 7.32. The predicted octanol–water partition coefficient (Wildman–Crippen LogP) is 4.18. The number of nitrogens with one attached hydrogen (secondary N) is 1. The van der Waals surface area contributed by atoms with Crippen LogP contribution in [0.1, 0.15) is 30.2 Å². The standard InChI is InChI=1S/C13H15F2NO2S/c1-9(12-3-2-6-17-12)16-7-10-4-5-11(18-10)8-19-13(14)15/h2-6,9,13,16H,7-8H2,1H3/t9-/m1/s1. The second-order valence-corrected chi connectivity index (χ2v) is 5.04. The smallest absolute Gasteiger partial charge is 0.284 e. The van der Waals surface area contributed by atoms with Gasteiger partial charge in [0, 0.05) is 0 Å². The van der Waals surface area contributed by atoms with Gasteiger partial charge < -0.3 is 14.2 Å². The minimum absolute atomic E-state index is 0.0685. The van der Waals surface area contributed by atoms with Crippen LogP contribution < -0.4 is 5.32 Å². The lowest BCUT2D eigenvalue weighted by atomic mass is 10.2. The molecule has 19 heavy (non-hydrogen) atoms. The van der Waals surface area contributed by atoms with Gasteiger partial charge in [-0.15, -0.1) is 0 Å². The van der Waals surface area contributed by atoms with Gasteiger partial charge in [-0.3, -0.25) is 0 Å². The summed E-state index contributed by atoms with van der Waals surface area (Å²) in [5, 5.41) is 3.24. The molecule has 0 aliphatic carbocycles. The van der Waals surface area contributed by atoms with E-state index in [0.717, 1.165) is 11.5 Å². The fourth-order valence-electron chi connectivity index (χ4n) is 1.63. The van der Waals surface area contributed by atoms with Crippen molar-refractivity contribution in [1.82, 2.24) is 5.32 Å². The van der Waals surface area contributed by atoms with E-state index in [4.69, 9.17) is 8.83 Å². The molecule has 0 radical (unpaired) electrons. The second-order valence-electron chi connectivity index (χ2n) is 4.06. The highest BCUT2D eigenvalue weighted by Gasteiger charge is 2.10. The van der Waals surface area contributed by atoms with Gasteiger partial charge in [0.1, 0.15) is 17.3 Å². The van der Waals surface area contributed by atoms with Crippen LogP contribution in [0.5, 0.6) is 0 Å². The van der Waals surface area contributed by atoms with Crippen LogP contribution in [0.3, 0.4) is 0 Å². The molecule has 0 unspecified atom stereocenters. The molecule has 2 aromatic heterocycles. The number of rotatable bonds is 7. The minimum Gasteiger partial charge on any atom is -0.468 e. The molecule has 0 aliphatic rings. The summed E-state index contributed by atoms with van der Waals surface area (Å²) in [6.07, 6.45) is 1.63. The van der Waals surface area contributed by atoms with E-state index >= 15 is 0 Å². The molecule has 0 bridgehead atoms. The zero-order valence-electron chi connectivity index (χ0n) is 10.4. The topological polar surface area (TPSA) is 38.3 Å². The van der Waals surface area contributed by atoms with E-state index in [1.807, 2.05) is 19.1 Å². The van der Waals surface area contributed by atoms with Gasteiger partial charge in [-0.25, -0.2) is 0 Å². The largest absolute Gasteiger partial charge is 0.468 e. The maximum atomic E-state index is 12.0. The van der Waals surface area contributed by atoms with Crippen molar-refractivity contribution in [1.29, 1.82) is 0 Å². The van der Waals surface area contributed by atoms with Crippen molar-refractivity contribution >= 4 is 11.8 Å². The van der Waals surface area contributed by atoms with Crippen LogP contribution in [-0.4, -0.2) is 5.76 Å². The Hall–Kier alpha value is -1.27. The molecule has 0 saturated heterocycles. The van der Waals surface area contributed by atoms with E-state index in [0.29, 0.717) is 24.1 Å². The molecule has 0 aliphatic heterocycles. The third kappa shape index (κ3) is 4.40. The van der Waals surface area contributed by atoms with Gasteiger partial charge >= 0.3 is 0 Å². The van der Waals surface area contributed by atoms with Crippen molar-refractivity contribution in [3.63, 3.8) is 0 Å². The molecule has 0 amide bonds. The van der Waals surface area contributed by atoms with Gasteiger partial charge in [-0.05, 0) is 31.2 Å². The van der Waals surface area contributed by atoms with Crippen molar-refractivity contribution in [2.45, 2.75) is 31.0 Å². The molecule has 2 aromatic rings. The van der Waals surface area contributed by atoms with Crippen molar-refractivity contribution < 1.29 is 17.6 Å². The van der Waals surface area contributed by atoms with Crippen LogP contribution >= 0.6 is 11.8 Å². The Bertz CT molecular complexity index is 485. The predicted molar refractivity (Wildman–Crippen MR) is 70.0 cm³/mol. The number of thioether (sulfide) groups is 1. The van der Waals surface area contributed by atoms with Gasteiger partial charge in [0.25, 0.3) is 5.76 Å². The van der Waals surface area contributed by atoms with Crippen LogP contribution in [0.25, 0.3) is 0 Å². The molecule has 2 rings (SSSR count). The van der Waals surface area contributed by atoms with Gasteiger partial charge in [0.2, 0.25) is 0 Å². The first kappa shape index (κ1) is 14.1. The lowest BCUT2D eigenvalue weighted by Gasteiger charge is -2.09. The first-order valence-electron chi connectivity index (χ1n) is 5.89. The Labute approximate surface area is 114 Å². The highest BCUT2D eigenvalue weighted by molar-refractivity contribution is 7.98. The van der Waals surface area contributed by atoms with Gasteiger partial charge in [0.05, 0.1) is 24.6 Å². The fraction of sp³-hybridized carbons (Fsp3) is 0.385. The minimum atomic E-state index is -2.37. The van der Waals surface area contributed by atoms with Gasteiger partial charge in [-0.2, -0.15) is 8.78 Å². The molecular formula is C13H15F2NO2S. The van der Waals surface area contributed by atoms with E-state index < -0.39 is 5.76 Å². The molecule has 104 valence electrons. The van der Waals surface area contributed by atoms with E-state index in [-0.39, 0.29) is 11.8 Å². The molecule has 1 N–H and O–H groups in total. The van der Waals surface area contributed by atoms with Gasteiger partial charge in [0.15, 0.2) is 0 Å². The second kappa shape index (κ2) is 6.77. The van der Waals surface area contributed by atoms with Crippen molar-refractivity contribution in [3.05, 3.63) is 47.8 Å². The summed E-state index contributed by atoms with van der Waals surface area (Å²) in [4.78, 5) is 0. The summed E-state index contributed by atoms with van der Waals surface area (Å²) in [6.45, 7) is 2.51. The Balaban J connectivity index is 1.80. The van der Waals surface area contributed by atoms with Crippen LogP contribution in [0.4, 0.5) is 8.78 Å². The summed E-state index contributed by atoms with van der Waals surface area (Å²) in [5.41, 5.74) is 0. The molecule has 0 fully saturated rings. The zero-order chi connectivity index (χ0) is 13.7. The number of halogens is 2. The van der Waals surface area contributed by atoms with E-state index in [2.05, 4.69) is 5.32 Å². The Kier molecular flexibility index (Phi) is 5.04. The van der Waals surface area contributed by atoms with Crippen LogP contribution in [-0.2, 0) is 12.3 Å². The number of hydrogen-bond acceptors (Lipinski definition) is 4. The first-order chi connectivity index (χ1) is 9.15. The van der Waals surface area contributed by atoms with Crippen molar-refractivity contribution in [3.8, 4) is 0 Å². The molecule has 0 saturated carbocycles. The maximum Gasteiger partial charge on any atom is 0.284 e. The molecule has 0 aromatic carbocycles.